The molecule has 104 valence electrons. The minimum Gasteiger partial charge on any atom is -0.381 e. The summed E-state index contributed by atoms with van der Waals surface area (Å²) in [6, 6.07) is 9.94. The second kappa shape index (κ2) is 7.92. The molecule has 1 aromatic rings. The number of carbonyl (C=O) groups excluding carboxylic acids is 1. The Labute approximate surface area is 114 Å². The van der Waals surface area contributed by atoms with Crippen molar-refractivity contribution in [3.63, 3.8) is 0 Å². The van der Waals surface area contributed by atoms with Gasteiger partial charge in [0.25, 0.3) is 0 Å². The van der Waals surface area contributed by atoms with Crippen LogP contribution in [0.5, 0.6) is 0 Å². The van der Waals surface area contributed by atoms with Crippen LogP contribution < -0.4 is 10.6 Å². The molecule has 1 unspecified atom stereocenters. The van der Waals surface area contributed by atoms with Crippen LogP contribution in [-0.2, 0) is 16.1 Å². The van der Waals surface area contributed by atoms with Crippen molar-refractivity contribution in [2.24, 2.45) is 5.92 Å². The highest BCUT2D eigenvalue weighted by molar-refractivity contribution is 5.77. The van der Waals surface area contributed by atoms with Crippen molar-refractivity contribution in [1.29, 1.82) is 0 Å². The molecule has 1 atom stereocenters. The molecule has 1 fully saturated rings. The lowest BCUT2D eigenvalue weighted by atomic mass is 10.1. The summed E-state index contributed by atoms with van der Waals surface area (Å²) in [4.78, 5) is 11.6. The van der Waals surface area contributed by atoms with Crippen LogP contribution in [0.25, 0.3) is 0 Å². The van der Waals surface area contributed by atoms with Gasteiger partial charge in [-0.2, -0.15) is 0 Å². The maximum atomic E-state index is 11.6. The predicted molar refractivity (Wildman–Crippen MR) is 74.7 cm³/mol. The van der Waals surface area contributed by atoms with Crippen LogP contribution in [0.4, 0.5) is 0 Å². The third-order valence-electron chi connectivity index (χ3n) is 3.37. The molecule has 2 N–H and O–H groups in total. The largest absolute Gasteiger partial charge is 0.381 e. The second-order valence-electron chi connectivity index (χ2n) is 4.96. The molecule has 19 heavy (non-hydrogen) atoms. The zero-order valence-electron chi connectivity index (χ0n) is 11.2. The molecule has 0 spiro atoms. The van der Waals surface area contributed by atoms with Gasteiger partial charge < -0.3 is 15.4 Å². The van der Waals surface area contributed by atoms with Gasteiger partial charge in [0.2, 0.25) is 5.91 Å². The van der Waals surface area contributed by atoms with Crippen molar-refractivity contribution in [1.82, 2.24) is 10.6 Å². The molecule has 1 aromatic carbocycles. The zero-order valence-corrected chi connectivity index (χ0v) is 11.2. The second-order valence-corrected chi connectivity index (χ2v) is 4.96. The molecule has 1 heterocycles. The third kappa shape index (κ3) is 5.41. The molecule has 0 bridgehead atoms. The van der Waals surface area contributed by atoms with Crippen LogP contribution in [0.2, 0.25) is 0 Å². The first-order chi connectivity index (χ1) is 9.34. The zero-order chi connectivity index (χ0) is 13.3. The Morgan fingerprint density at radius 1 is 1.32 bits per heavy atom. The van der Waals surface area contributed by atoms with Gasteiger partial charge in [-0.15, -0.1) is 0 Å². The van der Waals surface area contributed by atoms with E-state index < -0.39 is 0 Å². The fourth-order valence-corrected chi connectivity index (χ4v) is 2.18. The maximum Gasteiger partial charge on any atom is 0.234 e. The first-order valence-corrected chi connectivity index (χ1v) is 6.93. The summed E-state index contributed by atoms with van der Waals surface area (Å²) in [5.41, 5.74) is 1.12. The van der Waals surface area contributed by atoms with Crippen LogP contribution in [0, 0.1) is 5.92 Å². The van der Waals surface area contributed by atoms with Crippen molar-refractivity contribution in [3.8, 4) is 0 Å². The highest BCUT2D eigenvalue weighted by Crippen LogP contribution is 2.14. The lowest BCUT2D eigenvalue weighted by molar-refractivity contribution is -0.120. The predicted octanol–water partition coefficient (Wildman–Crippen LogP) is 1.32. The first-order valence-electron chi connectivity index (χ1n) is 6.93. The Balaban J connectivity index is 1.52. The standard InChI is InChI=1S/C15H22N2O2/c18-15(17-10-13-4-2-1-3-5-13)11-16-8-6-14-7-9-19-12-14/h1-5,14,16H,6-12H2,(H,17,18). The van der Waals surface area contributed by atoms with Gasteiger partial charge in [-0.3, -0.25) is 4.79 Å². The molecule has 0 aliphatic carbocycles. The number of amides is 1. The van der Waals surface area contributed by atoms with Crippen LogP contribution in [0.1, 0.15) is 18.4 Å². The van der Waals surface area contributed by atoms with E-state index in [9.17, 15) is 4.79 Å². The van der Waals surface area contributed by atoms with E-state index in [0.717, 1.165) is 38.2 Å². The Hall–Kier alpha value is -1.39. The maximum absolute atomic E-state index is 11.6. The molecular formula is C15H22N2O2. The number of carbonyl (C=O) groups is 1. The van der Waals surface area contributed by atoms with Crippen LogP contribution in [-0.4, -0.2) is 32.2 Å². The molecule has 1 aliphatic rings. The molecule has 1 saturated heterocycles. The van der Waals surface area contributed by atoms with Crippen molar-refractivity contribution < 1.29 is 9.53 Å². The minimum atomic E-state index is 0.0477. The number of benzene rings is 1. The summed E-state index contributed by atoms with van der Waals surface area (Å²) >= 11 is 0. The monoisotopic (exact) mass is 262 g/mol. The average Bonchev–Trinajstić information content (AvgIpc) is 2.96. The molecule has 1 aliphatic heterocycles. The Bertz CT molecular complexity index is 375. The van der Waals surface area contributed by atoms with Gasteiger partial charge in [0.1, 0.15) is 0 Å². The van der Waals surface area contributed by atoms with Gasteiger partial charge in [0.15, 0.2) is 0 Å². The van der Waals surface area contributed by atoms with E-state index in [1.807, 2.05) is 30.3 Å². The summed E-state index contributed by atoms with van der Waals surface area (Å²) in [5, 5.41) is 6.08. The highest BCUT2D eigenvalue weighted by Gasteiger charge is 2.14. The van der Waals surface area contributed by atoms with Gasteiger partial charge in [-0.25, -0.2) is 0 Å². The minimum absolute atomic E-state index is 0.0477. The summed E-state index contributed by atoms with van der Waals surface area (Å²) < 4.78 is 5.32. The number of hydrogen-bond donors (Lipinski definition) is 2. The van der Waals surface area contributed by atoms with Crippen LogP contribution >= 0.6 is 0 Å². The molecule has 0 aromatic heterocycles. The molecule has 4 heteroatoms. The van der Waals surface area contributed by atoms with Gasteiger partial charge >= 0.3 is 0 Å². The average molecular weight is 262 g/mol. The number of hydrogen-bond acceptors (Lipinski definition) is 3. The van der Waals surface area contributed by atoms with E-state index in [4.69, 9.17) is 4.74 Å². The number of nitrogens with one attached hydrogen (secondary N) is 2. The first kappa shape index (κ1) is 14.0. The van der Waals surface area contributed by atoms with Gasteiger partial charge in [0.05, 0.1) is 6.54 Å². The smallest absolute Gasteiger partial charge is 0.234 e. The molecular weight excluding hydrogens is 240 g/mol. The lowest BCUT2D eigenvalue weighted by Crippen LogP contribution is -2.34. The molecule has 0 radical (unpaired) electrons. The van der Waals surface area contributed by atoms with E-state index in [1.54, 1.807) is 0 Å². The van der Waals surface area contributed by atoms with Gasteiger partial charge in [0, 0.05) is 19.8 Å². The Morgan fingerprint density at radius 3 is 2.89 bits per heavy atom. The highest BCUT2D eigenvalue weighted by atomic mass is 16.5. The lowest BCUT2D eigenvalue weighted by Gasteiger charge is -2.09. The van der Waals surface area contributed by atoms with Crippen LogP contribution in [0.3, 0.4) is 0 Å². The SMILES string of the molecule is O=C(CNCCC1CCOC1)NCc1ccccc1. The Kier molecular flexibility index (Phi) is 5.85. The quantitative estimate of drug-likeness (QED) is 0.729. The van der Waals surface area contributed by atoms with Crippen molar-refractivity contribution in [2.45, 2.75) is 19.4 Å². The van der Waals surface area contributed by atoms with Gasteiger partial charge in [-0.1, -0.05) is 30.3 Å². The summed E-state index contributed by atoms with van der Waals surface area (Å²) in [6.07, 6.45) is 2.24. The van der Waals surface area contributed by atoms with E-state index in [2.05, 4.69) is 10.6 Å². The fraction of sp³-hybridized carbons (Fsp3) is 0.533. The van der Waals surface area contributed by atoms with Crippen molar-refractivity contribution >= 4 is 5.91 Å². The number of rotatable bonds is 7. The van der Waals surface area contributed by atoms with E-state index >= 15 is 0 Å². The van der Waals surface area contributed by atoms with E-state index in [-0.39, 0.29) is 5.91 Å². The van der Waals surface area contributed by atoms with Crippen molar-refractivity contribution in [2.75, 3.05) is 26.3 Å². The van der Waals surface area contributed by atoms with E-state index in [0.29, 0.717) is 19.0 Å². The van der Waals surface area contributed by atoms with Gasteiger partial charge in [-0.05, 0) is 30.9 Å². The molecule has 4 nitrogen and oxygen atoms in total. The number of ether oxygens (including phenoxy) is 1. The fourth-order valence-electron chi connectivity index (χ4n) is 2.18. The molecule has 1 amide bonds. The molecule has 2 rings (SSSR count). The summed E-state index contributed by atoms with van der Waals surface area (Å²) in [5.74, 6) is 0.714. The Morgan fingerprint density at radius 2 is 2.16 bits per heavy atom. The third-order valence-corrected chi connectivity index (χ3v) is 3.37. The van der Waals surface area contributed by atoms with E-state index in [1.165, 1.54) is 0 Å². The van der Waals surface area contributed by atoms with Crippen molar-refractivity contribution in [3.05, 3.63) is 35.9 Å². The topological polar surface area (TPSA) is 50.4 Å². The molecule has 0 saturated carbocycles. The summed E-state index contributed by atoms with van der Waals surface area (Å²) in [7, 11) is 0. The normalized spacial score (nSPS) is 18.4. The summed E-state index contributed by atoms with van der Waals surface area (Å²) in [6.45, 7) is 3.63. The van der Waals surface area contributed by atoms with Crippen LogP contribution in [0.15, 0.2) is 30.3 Å².